The maximum absolute atomic E-state index is 12.3. The monoisotopic (exact) mass is 331 g/mol. The van der Waals surface area contributed by atoms with Crippen LogP contribution in [0.4, 0.5) is 0 Å². The van der Waals surface area contributed by atoms with Gasteiger partial charge >= 0.3 is 0 Å². The van der Waals surface area contributed by atoms with Gasteiger partial charge in [-0.05, 0) is 43.7 Å². The quantitative estimate of drug-likeness (QED) is 0.809. The summed E-state index contributed by atoms with van der Waals surface area (Å²) in [5, 5.41) is 15.1. The molecule has 2 aromatic rings. The summed E-state index contributed by atoms with van der Waals surface area (Å²) in [7, 11) is 0. The molecular weight excluding hydrogens is 306 g/mol. The maximum Gasteiger partial charge on any atom is 0.223 e. The number of carbonyl (C=O) groups is 1. The lowest BCUT2D eigenvalue weighted by atomic mass is 9.99. The van der Waals surface area contributed by atoms with Gasteiger partial charge in [0.05, 0.1) is 6.10 Å². The minimum Gasteiger partial charge on any atom is -0.387 e. The van der Waals surface area contributed by atoms with Gasteiger partial charge in [0.1, 0.15) is 0 Å². The van der Waals surface area contributed by atoms with E-state index in [1.807, 2.05) is 31.4 Å². The second-order valence-electron chi connectivity index (χ2n) is 6.27. The molecule has 1 aromatic carbocycles. The Labute approximate surface area is 142 Å². The van der Waals surface area contributed by atoms with E-state index in [4.69, 9.17) is 0 Å². The Hall–Kier alpha value is -1.65. The molecule has 1 heterocycles. The fraction of sp³-hybridized carbons (Fsp3) is 0.421. The van der Waals surface area contributed by atoms with E-state index >= 15 is 0 Å². The van der Waals surface area contributed by atoms with Crippen molar-refractivity contribution in [1.82, 2.24) is 5.32 Å². The third-order valence-corrected chi connectivity index (χ3v) is 4.92. The number of amides is 1. The number of hydrogen-bond donors (Lipinski definition) is 2. The van der Waals surface area contributed by atoms with Crippen LogP contribution in [0.3, 0.4) is 0 Å². The summed E-state index contributed by atoms with van der Waals surface area (Å²) in [6.07, 6.45) is 0.744. The molecule has 23 heavy (non-hydrogen) atoms. The molecule has 1 aromatic heterocycles. The van der Waals surface area contributed by atoms with Crippen molar-refractivity contribution < 1.29 is 9.90 Å². The van der Waals surface area contributed by atoms with E-state index in [2.05, 4.69) is 36.5 Å². The highest BCUT2D eigenvalue weighted by atomic mass is 32.1. The molecule has 3 nitrogen and oxygen atoms in total. The smallest absolute Gasteiger partial charge is 0.223 e. The van der Waals surface area contributed by atoms with Crippen LogP contribution < -0.4 is 5.32 Å². The van der Waals surface area contributed by atoms with Gasteiger partial charge < -0.3 is 10.4 Å². The average molecular weight is 331 g/mol. The zero-order chi connectivity index (χ0) is 16.8. The van der Waals surface area contributed by atoms with E-state index < -0.39 is 6.10 Å². The van der Waals surface area contributed by atoms with Crippen LogP contribution in [0.1, 0.15) is 42.4 Å². The highest BCUT2D eigenvalue weighted by Crippen LogP contribution is 2.23. The van der Waals surface area contributed by atoms with Crippen molar-refractivity contribution in [1.29, 1.82) is 0 Å². The molecule has 3 atom stereocenters. The third-order valence-electron chi connectivity index (χ3n) is 3.95. The minimum atomic E-state index is -0.516. The summed E-state index contributed by atoms with van der Waals surface area (Å²) < 4.78 is 0. The van der Waals surface area contributed by atoms with Crippen molar-refractivity contribution in [2.24, 2.45) is 5.92 Å². The standard InChI is InChI=1S/C19H25NO2S/c1-13-6-8-16(9-7-13)11-14(2)19(22)20-15(3)12-17(21)18-5-4-10-23-18/h4-10,14-15,17,21H,11-12H2,1-3H3,(H,20,22). The maximum atomic E-state index is 12.3. The molecule has 124 valence electrons. The first-order chi connectivity index (χ1) is 11.0. The topological polar surface area (TPSA) is 49.3 Å². The lowest BCUT2D eigenvalue weighted by Gasteiger charge is -2.20. The van der Waals surface area contributed by atoms with Crippen LogP contribution in [0.2, 0.25) is 0 Å². The molecule has 0 saturated heterocycles. The van der Waals surface area contributed by atoms with Crippen molar-refractivity contribution in [3.63, 3.8) is 0 Å². The van der Waals surface area contributed by atoms with Crippen molar-refractivity contribution in [3.8, 4) is 0 Å². The Balaban J connectivity index is 1.81. The molecule has 0 aliphatic carbocycles. The largest absolute Gasteiger partial charge is 0.387 e. The Kier molecular flexibility index (Phi) is 6.37. The first-order valence-corrected chi connectivity index (χ1v) is 8.91. The number of aryl methyl sites for hydroxylation is 1. The van der Waals surface area contributed by atoms with Gasteiger partial charge in [0.2, 0.25) is 5.91 Å². The SMILES string of the molecule is Cc1ccc(CC(C)C(=O)NC(C)CC(O)c2cccs2)cc1. The molecule has 0 fully saturated rings. The summed E-state index contributed by atoms with van der Waals surface area (Å²) in [5.74, 6) is -0.0458. The highest BCUT2D eigenvalue weighted by molar-refractivity contribution is 7.10. The highest BCUT2D eigenvalue weighted by Gasteiger charge is 2.18. The number of aliphatic hydroxyl groups is 1. The van der Waals surface area contributed by atoms with Crippen LogP contribution in [-0.2, 0) is 11.2 Å². The van der Waals surface area contributed by atoms with Gasteiger partial charge in [-0.1, -0.05) is 42.8 Å². The summed E-state index contributed by atoms with van der Waals surface area (Å²) in [6, 6.07) is 12.1. The lowest BCUT2D eigenvalue weighted by Crippen LogP contribution is -2.37. The molecule has 2 rings (SSSR count). The van der Waals surface area contributed by atoms with Crippen molar-refractivity contribution in [3.05, 3.63) is 57.8 Å². The van der Waals surface area contributed by atoms with E-state index in [0.29, 0.717) is 6.42 Å². The lowest BCUT2D eigenvalue weighted by molar-refractivity contribution is -0.125. The molecule has 2 N–H and O–H groups in total. The van der Waals surface area contributed by atoms with E-state index in [0.717, 1.165) is 11.3 Å². The van der Waals surface area contributed by atoms with Gasteiger partial charge in [0, 0.05) is 16.8 Å². The van der Waals surface area contributed by atoms with Gasteiger partial charge in [-0.25, -0.2) is 0 Å². The summed E-state index contributed by atoms with van der Waals surface area (Å²) in [5.41, 5.74) is 2.39. The fourth-order valence-electron chi connectivity index (χ4n) is 2.55. The predicted octanol–water partition coefficient (Wildman–Crippen LogP) is 3.86. The molecule has 0 radical (unpaired) electrons. The average Bonchev–Trinajstić information content (AvgIpc) is 3.03. The summed E-state index contributed by atoms with van der Waals surface area (Å²) in [4.78, 5) is 13.2. The molecule has 0 spiro atoms. The fourth-order valence-corrected chi connectivity index (χ4v) is 3.27. The Morgan fingerprint density at radius 1 is 1.22 bits per heavy atom. The third kappa shape index (κ3) is 5.48. The molecular formula is C19H25NO2S. The van der Waals surface area contributed by atoms with Crippen molar-refractivity contribution in [2.45, 2.75) is 45.8 Å². The molecule has 0 bridgehead atoms. The van der Waals surface area contributed by atoms with E-state index in [1.165, 1.54) is 22.5 Å². The number of benzene rings is 1. The molecule has 0 saturated carbocycles. The zero-order valence-electron chi connectivity index (χ0n) is 14.0. The van der Waals surface area contributed by atoms with Gasteiger partial charge in [-0.3, -0.25) is 4.79 Å². The molecule has 0 aliphatic rings. The number of hydrogen-bond acceptors (Lipinski definition) is 3. The second-order valence-corrected chi connectivity index (χ2v) is 7.25. The number of carbonyl (C=O) groups excluding carboxylic acids is 1. The summed E-state index contributed by atoms with van der Waals surface area (Å²) in [6.45, 7) is 5.94. The van der Waals surface area contributed by atoms with Gasteiger partial charge in [-0.2, -0.15) is 0 Å². The van der Waals surface area contributed by atoms with Crippen LogP contribution in [0.25, 0.3) is 0 Å². The second kappa shape index (κ2) is 8.27. The van der Waals surface area contributed by atoms with Gasteiger partial charge in [0.25, 0.3) is 0 Å². The Morgan fingerprint density at radius 3 is 2.52 bits per heavy atom. The van der Waals surface area contributed by atoms with Crippen molar-refractivity contribution >= 4 is 17.2 Å². The normalized spacial score (nSPS) is 15.0. The number of aliphatic hydroxyl groups excluding tert-OH is 1. The molecule has 0 aliphatic heterocycles. The zero-order valence-corrected chi connectivity index (χ0v) is 14.8. The molecule has 1 amide bonds. The van der Waals surface area contributed by atoms with E-state index in [9.17, 15) is 9.90 Å². The number of nitrogens with one attached hydrogen (secondary N) is 1. The van der Waals surface area contributed by atoms with Crippen molar-refractivity contribution in [2.75, 3.05) is 0 Å². The Morgan fingerprint density at radius 2 is 1.91 bits per heavy atom. The summed E-state index contributed by atoms with van der Waals surface area (Å²) >= 11 is 1.54. The molecule has 4 heteroatoms. The molecule has 3 unspecified atom stereocenters. The first kappa shape index (κ1) is 17.7. The van der Waals surface area contributed by atoms with E-state index in [-0.39, 0.29) is 17.9 Å². The number of rotatable bonds is 7. The van der Waals surface area contributed by atoms with Crippen LogP contribution in [0, 0.1) is 12.8 Å². The predicted molar refractivity (Wildman–Crippen MR) is 95.5 cm³/mol. The number of thiophene rings is 1. The Bertz CT molecular complexity index is 607. The van der Waals surface area contributed by atoms with Crippen LogP contribution >= 0.6 is 11.3 Å². The van der Waals surface area contributed by atoms with E-state index in [1.54, 1.807) is 0 Å². The van der Waals surface area contributed by atoms with Crippen LogP contribution in [0.15, 0.2) is 41.8 Å². The van der Waals surface area contributed by atoms with Gasteiger partial charge in [0.15, 0.2) is 0 Å². The van der Waals surface area contributed by atoms with Crippen LogP contribution in [-0.4, -0.2) is 17.1 Å². The van der Waals surface area contributed by atoms with Gasteiger partial charge in [-0.15, -0.1) is 11.3 Å². The first-order valence-electron chi connectivity index (χ1n) is 8.03. The minimum absolute atomic E-state index is 0.0384. The van der Waals surface area contributed by atoms with Crippen LogP contribution in [0.5, 0.6) is 0 Å².